The van der Waals surface area contributed by atoms with Crippen molar-refractivity contribution in [2.24, 2.45) is 5.14 Å². The molecule has 0 bridgehead atoms. The monoisotopic (exact) mass is 380 g/mol. The summed E-state index contributed by atoms with van der Waals surface area (Å²) in [6.07, 6.45) is 1.02. The molecular formula is C15H22ClFN2O4S. The number of alkyl halides is 1. The Balaban J connectivity index is 0.000000471. The van der Waals surface area contributed by atoms with Crippen LogP contribution < -0.4 is 9.88 Å². The zero-order chi connectivity index (χ0) is 17.6. The Bertz CT molecular complexity index is 597. The van der Waals surface area contributed by atoms with Crippen LogP contribution in [-0.2, 0) is 15.6 Å². The molecule has 2 aliphatic rings. The third-order valence-corrected chi connectivity index (χ3v) is 4.47. The topological polar surface area (TPSA) is 81.9 Å². The summed E-state index contributed by atoms with van der Waals surface area (Å²) >= 11 is 6.01. The van der Waals surface area contributed by atoms with Gasteiger partial charge in [0.1, 0.15) is 18.0 Å². The molecule has 2 aliphatic heterocycles. The maximum Gasteiger partial charge on any atom is 0.198 e. The number of nitrogens with two attached hydrogens (primary N) is 1. The van der Waals surface area contributed by atoms with Crippen molar-refractivity contribution in [2.75, 3.05) is 32.9 Å². The molecule has 24 heavy (non-hydrogen) atoms. The first-order chi connectivity index (χ1) is 11.4. The van der Waals surface area contributed by atoms with E-state index in [0.29, 0.717) is 29.7 Å². The Morgan fingerprint density at radius 1 is 1.33 bits per heavy atom. The minimum Gasteiger partial charge on any atom is -0.489 e. The van der Waals surface area contributed by atoms with Crippen molar-refractivity contribution in [1.29, 1.82) is 0 Å². The molecule has 2 fully saturated rings. The fourth-order valence-electron chi connectivity index (χ4n) is 2.64. The van der Waals surface area contributed by atoms with Gasteiger partial charge in [-0.2, -0.15) is 0 Å². The van der Waals surface area contributed by atoms with E-state index in [1.807, 2.05) is 12.1 Å². The number of hydrogen-bond donors (Lipinski definition) is 2. The smallest absolute Gasteiger partial charge is 0.198 e. The standard InChI is InChI=1S/C15H19ClFNO2.H3NO2S/c16-13-3-1-2-4-14(13)20-11-15(17)5-7-18(8-6-15)12-9-19-10-12;1-4(2)3/h1-4,12H,5-11H2;4H,(H2,1,2,3). The number of hydrogen-bond acceptors (Lipinski definition) is 5. The molecule has 3 rings (SSSR count). The van der Waals surface area contributed by atoms with Crippen molar-refractivity contribution in [3.05, 3.63) is 29.3 Å². The zero-order valence-corrected chi connectivity index (χ0v) is 14.8. The summed E-state index contributed by atoms with van der Waals surface area (Å²) in [4.78, 5) is 2.32. The molecule has 0 spiro atoms. The molecule has 2 saturated heterocycles. The number of piperidine rings is 1. The van der Waals surface area contributed by atoms with Crippen LogP contribution in [0.1, 0.15) is 12.8 Å². The lowest BCUT2D eigenvalue weighted by molar-refractivity contribution is -0.0890. The van der Waals surface area contributed by atoms with Gasteiger partial charge in [0, 0.05) is 13.1 Å². The van der Waals surface area contributed by atoms with Crippen molar-refractivity contribution in [2.45, 2.75) is 24.6 Å². The summed E-state index contributed by atoms with van der Waals surface area (Å²) in [5, 5.41) is 4.59. The van der Waals surface area contributed by atoms with E-state index in [2.05, 4.69) is 10.0 Å². The summed E-state index contributed by atoms with van der Waals surface area (Å²) in [6, 6.07) is 7.68. The van der Waals surface area contributed by atoms with Crippen LogP contribution in [0, 0.1) is 0 Å². The molecule has 0 aromatic heterocycles. The molecule has 1 aromatic carbocycles. The number of nitrogens with zero attached hydrogens (tertiary/aromatic N) is 1. The van der Waals surface area contributed by atoms with Gasteiger partial charge in [0.05, 0.1) is 24.3 Å². The summed E-state index contributed by atoms with van der Waals surface area (Å²) in [5.74, 6) is 0.556. The van der Waals surface area contributed by atoms with Gasteiger partial charge in [0.25, 0.3) is 0 Å². The highest BCUT2D eigenvalue weighted by Crippen LogP contribution is 2.31. The molecule has 2 heterocycles. The first-order valence-corrected chi connectivity index (χ1v) is 9.29. The van der Waals surface area contributed by atoms with Gasteiger partial charge < -0.3 is 9.47 Å². The summed E-state index contributed by atoms with van der Waals surface area (Å²) in [6.45, 7) is 3.20. The molecule has 0 atom stereocenters. The highest BCUT2D eigenvalue weighted by atomic mass is 35.5. The van der Waals surface area contributed by atoms with Crippen LogP contribution in [0.15, 0.2) is 24.3 Å². The Morgan fingerprint density at radius 2 is 1.92 bits per heavy atom. The Hall–Kier alpha value is -0.930. The number of halogens is 2. The van der Waals surface area contributed by atoms with E-state index in [0.717, 1.165) is 26.3 Å². The summed E-state index contributed by atoms with van der Waals surface area (Å²) in [5.41, 5.74) is -1.25. The molecule has 0 unspecified atom stereocenters. The van der Waals surface area contributed by atoms with Crippen LogP contribution >= 0.6 is 11.6 Å². The SMILES string of the molecule is FC1(COc2ccccc2Cl)CCN(C2COC2)CC1.N[SH](=O)=O. The third-order valence-electron chi connectivity index (χ3n) is 4.15. The van der Waals surface area contributed by atoms with Gasteiger partial charge in [0.15, 0.2) is 10.9 Å². The van der Waals surface area contributed by atoms with Gasteiger partial charge in [-0.1, -0.05) is 23.7 Å². The summed E-state index contributed by atoms with van der Waals surface area (Å²) in [7, 11) is -2.62. The fourth-order valence-corrected chi connectivity index (χ4v) is 2.83. The maximum absolute atomic E-state index is 14.7. The van der Waals surface area contributed by atoms with Gasteiger partial charge >= 0.3 is 0 Å². The number of thiol groups is 1. The van der Waals surface area contributed by atoms with E-state index in [-0.39, 0.29) is 6.61 Å². The highest BCUT2D eigenvalue weighted by molar-refractivity contribution is 7.69. The van der Waals surface area contributed by atoms with Gasteiger partial charge in [-0.3, -0.25) is 4.90 Å². The van der Waals surface area contributed by atoms with Gasteiger partial charge in [-0.05, 0) is 25.0 Å². The van der Waals surface area contributed by atoms with Crippen LogP contribution in [0.3, 0.4) is 0 Å². The lowest BCUT2D eigenvalue weighted by Crippen LogP contribution is -2.55. The first kappa shape index (κ1) is 19.4. The van der Waals surface area contributed by atoms with Crippen LogP contribution in [0.5, 0.6) is 5.75 Å². The Kier molecular flexibility index (Phi) is 7.24. The number of rotatable bonds is 4. The summed E-state index contributed by atoms with van der Waals surface area (Å²) < 4.78 is 43.1. The number of benzene rings is 1. The molecule has 0 saturated carbocycles. The van der Waals surface area contributed by atoms with Crippen molar-refractivity contribution in [3.8, 4) is 5.75 Å². The van der Waals surface area contributed by atoms with Crippen molar-refractivity contribution < 1.29 is 22.3 Å². The van der Waals surface area contributed by atoms with Crippen LogP contribution in [-0.4, -0.2) is 57.9 Å². The average molecular weight is 381 g/mol. The predicted octanol–water partition coefficient (Wildman–Crippen LogP) is 1.39. The minimum absolute atomic E-state index is 0.0751. The van der Waals surface area contributed by atoms with E-state index >= 15 is 0 Å². The molecule has 1 aromatic rings. The lowest BCUT2D eigenvalue weighted by atomic mass is 9.93. The van der Waals surface area contributed by atoms with Crippen LogP contribution in [0.4, 0.5) is 4.39 Å². The second kappa shape index (κ2) is 8.96. The Labute approximate surface area is 147 Å². The third kappa shape index (κ3) is 5.86. The van der Waals surface area contributed by atoms with E-state index in [4.69, 9.17) is 29.5 Å². The number of para-hydroxylation sites is 1. The average Bonchev–Trinajstić information content (AvgIpc) is 2.47. The lowest BCUT2D eigenvalue weighted by Gasteiger charge is -2.43. The van der Waals surface area contributed by atoms with Crippen LogP contribution in [0.2, 0.25) is 5.02 Å². The molecular weight excluding hydrogens is 359 g/mol. The Morgan fingerprint density at radius 3 is 2.42 bits per heavy atom. The maximum atomic E-state index is 14.7. The molecule has 2 N–H and O–H groups in total. The molecule has 0 radical (unpaired) electrons. The van der Waals surface area contributed by atoms with Crippen molar-refractivity contribution in [3.63, 3.8) is 0 Å². The van der Waals surface area contributed by atoms with E-state index in [9.17, 15) is 4.39 Å². The molecule has 9 heteroatoms. The first-order valence-electron chi connectivity index (χ1n) is 7.67. The van der Waals surface area contributed by atoms with Crippen molar-refractivity contribution in [1.82, 2.24) is 4.90 Å². The van der Waals surface area contributed by atoms with E-state index in [1.165, 1.54) is 0 Å². The highest BCUT2D eigenvalue weighted by Gasteiger charge is 2.38. The van der Waals surface area contributed by atoms with Gasteiger partial charge in [0.2, 0.25) is 0 Å². The van der Waals surface area contributed by atoms with E-state index in [1.54, 1.807) is 12.1 Å². The molecule has 136 valence electrons. The number of ether oxygens (including phenoxy) is 2. The van der Waals surface area contributed by atoms with Gasteiger partial charge in [-0.15, -0.1) is 0 Å². The van der Waals surface area contributed by atoms with Gasteiger partial charge in [-0.25, -0.2) is 17.9 Å². The fraction of sp³-hybridized carbons (Fsp3) is 0.600. The normalized spacial score (nSPS) is 20.8. The second-order valence-electron chi connectivity index (χ2n) is 5.88. The predicted molar refractivity (Wildman–Crippen MR) is 90.7 cm³/mol. The molecule has 6 nitrogen and oxygen atoms in total. The van der Waals surface area contributed by atoms with Crippen LogP contribution in [0.25, 0.3) is 0 Å². The quantitative estimate of drug-likeness (QED) is 0.771. The minimum atomic E-state index is -2.62. The number of likely N-dealkylation sites (tertiary alicyclic amines) is 1. The molecule has 0 aliphatic carbocycles. The molecule has 0 amide bonds. The second-order valence-corrected chi connectivity index (χ2v) is 6.86. The largest absolute Gasteiger partial charge is 0.489 e. The van der Waals surface area contributed by atoms with Crippen molar-refractivity contribution >= 4 is 22.5 Å². The van der Waals surface area contributed by atoms with E-state index < -0.39 is 16.6 Å². The zero-order valence-electron chi connectivity index (χ0n) is 13.2.